The van der Waals surface area contributed by atoms with Crippen LogP contribution in [0.3, 0.4) is 0 Å². The molecule has 0 aliphatic heterocycles. The number of hydrogen-bond donors (Lipinski definition) is 0. The van der Waals surface area contributed by atoms with Crippen LogP contribution in [-0.4, -0.2) is 16.4 Å². The monoisotopic (exact) mass is 342 g/mol. The molecule has 0 N–H and O–H groups in total. The molecule has 1 heterocycles. The molecule has 0 radical (unpaired) electrons. The van der Waals surface area contributed by atoms with Crippen molar-refractivity contribution in [2.24, 2.45) is 0 Å². The first-order valence-corrected chi connectivity index (χ1v) is 5.78. The van der Waals surface area contributed by atoms with E-state index in [1.807, 2.05) is 0 Å². The minimum Gasteiger partial charge on any atom is -0.227 e. The Morgan fingerprint density at radius 1 is 1.22 bits per heavy atom. The van der Waals surface area contributed by atoms with Gasteiger partial charge in [-0.15, -0.1) is 0 Å². The van der Waals surface area contributed by atoms with Gasteiger partial charge in [-0.25, -0.2) is 18.7 Å². The molecule has 0 bridgehead atoms. The van der Waals surface area contributed by atoms with E-state index in [0.717, 1.165) is 0 Å². The van der Waals surface area contributed by atoms with Gasteiger partial charge in [0.05, 0.1) is 5.52 Å². The third-order valence-electron chi connectivity index (χ3n) is 2.18. The molecule has 2 rings (SSSR count). The molecule has 2 nitrogen and oxygen atoms in total. The third kappa shape index (κ3) is 2.29. The van der Waals surface area contributed by atoms with E-state index in [-0.39, 0.29) is 10.7 Å². The summed E-state index contributed by atoms with van der Waals surface area (Å²) in [6.45, 7) is 0. The summed E-state index contributed by atoms with van der Waals surface area (Å²) in [6, 6.07) is 4.44. The van der Waals surface area contributed by atoms with Crippen LogP contribution in [0.5, 0.6) is 0 Å². The Kier molecular flexibility index (Phi) is 3.46. The predicted octanol–water partition coefficient (Wildman–Crippen LogP) is 4.40. The van der Waals surface area contributed by atoms with E-state index in [1.165, 1.54) is 18.2 Å². The molecular formula is C10H4BrClF4N2. The van der Waals surface area contributed by atoms with Crippen LogP contribution >= 0.6 is 27.5 Å². The van der Waals surface area contributed by atoms with E-state index in [4.69, 9.17) is 11.6 Å². The molecule has 1 aromatic carbocycles. The molecule has 96 valence electrons. The quantitative estimate of drug-likeness (QED) is 0.596. The van der Waals surface area contributed by atoms with Crippen molar-refractivity contribution < 1.29 is 17.6 Å². The van der Waals surface area contributed by atoms with Gasteiger partial charge in [-0.05, 0) is 18.2 Å². The van der Waals surface area contributed by atoms with E-state index in [2.05, 4.69) is 25.9 Å². The standard InChI is InChI=1S/C10H4BrClF4N2/c11-4-1-2-6-5(3-4)7(12)18-9(17-6)10(15,16)8(13)14/h1-3,8H. The molecule has 0 saturated carbocycles. The number of aromatic nitrogens is 2. The molecule has 0 spiro atoms. The number of nitrogens with zero attached hydrogens (tertiary/aromatic N) is 2. The molecule has 1 aromatic heterocycles. The minimum atomic E-state index is -4.43. The zero-order chi connectivity index (χ0) is 13.5. The van der Waals surface area contributed by atoms with Crippen LogP contribution in [0.15, 0.2) is 22.7 Å². The Morgan fingerprint density at radius 2 is 1.89 bits per heavy atom. The maximum atomic E-state index is 13.1. The van der Waals surface area contributed by atoms with Crippen LogP contribution in [0.2, 0.25) is 5.15 Å². The third-order valence-corrected chi connectivity index (χ3v) is 2.96. The van der Waals surface area contributed by atoms with E-state index in [9.17, 15) is 17.6 Å². The molecule has 18 heavy (non-hydrogen) atoms. The fourth-order valence-electron chi connectivity index (χ4n) is 1.31. The second kappa shape index (κ2) is 4.62. The summed E-state index contributed by atoms with van der Waals surface area (Å²) in [4.78, 5) is 6.66. The lowest BCUT2D eigenvalue weighted by Crippen LogP contribution is -2.26. The van der Waals surface area contributed by atoms with Crippen molar-refractivity contribution >= 4 is 38.4 Å². The highest BCUT2D eigenvalue weighted by Gasteiger charge is 2.46. The Bertz CT molecular complexity index is 606. The fraction of sp³-hybridized carbons (Fsp3) is 0.200. The van der Waals surface area contributed by atoms with Crippen molar-refractivity contribution in [3.8, 4) is 0 Å². The Balaban J connectivity index is 2.67. The Hall–Kier alpha value is -0.950. The highest BCUT2D eigenvalue weighted by molar-refractivity contribution is 9.10. The zero-order valence-corrected chi connectivity index (χ0v) is 10.8. The van der Waals surface area contributed by atoms with E-state index >= 15 is 0 Å². The SMILES string of the molecule is FC(F)C(F)(F)c1nc(Cl)c2cc(Br)ccc2n1. The first-order valence-electron chi connectivity index (χ1n) is 4.61. The number of fused-ring (bicyclic) bond motifs is 1. The number of hydrogen-bond acceptors (Lipinski definition) is 2. The average molecular weight is 344 g/mol. The highest BCUT2D eigenvalue weighted by Crippen LogP contribution is 2.34. The summed E-state index contributed by atoms with van der Waals surface area (Å²) in [6.07, 6.45) is -3.89. The van der Waals surface area contributed by atoms with Gasteiger partial charge in [0.15, 0.2) is 0 Å². The minimum absolute atomic E-state index is 0.0773. The number of alkyl halides is 4. The molecule has 0 fully saturated rings. The van der Waals surface area contributed by atoms with Crippen LogP contribution in [-0.2, 0) is 5.92 Å². The summed E-state index contributed by atoms with van der Waals surface area (Å²) in [5.74, 6) is -5.71. The van der Waals surface area contributed by atoms with Crippen molar-refractivity contribution in [3.05, 3.63) is 33.6 Å². The second-order valence-electron chi connectivity index (χ2n) is 3.42. The number of benzene rings is 1. The first-order chi connectivity index (χ1) is 8.32. The molecule has 0 amide bonds. The second-order valence-corrected chi connectivity index (χ2v) is 4.70. The topological polar surface area (TPSA) is 25.8 Å². The molecule has 8 heteroatoms. The summed E-state index contributed by atoms with van der Waals surface area (Å²) in [5.41, 5.74) is 0.0773. The summed E-state index contributed by atoms with van der Waals surface area (Å²) >= 11 is 8.86. The normalized spacial score (nSPS) is 12.4. The van der Waals surface area contributed by atoms with Gasteiger partial charge in [0, 0.05) is 9.86 Å². The molecule has 0 aliphatic carbocycles. The van der Waals surface area contributed by atoms with Crippen LogP contribution < -0.4 is 0 Å². The lowest BCUT2D eigenvalue weighted by molar-refractivity contribution is -0.140. The smallest absolute Gasteiger partial charge is 0.227 e. The van der Waals surface area contributed by atoms with E-state index < -0.39 is 18.2 Å². The van der Waals surface area contributed by atoms with E-state index in [1.54, 1.807) is 0 Å². The fourth-order valence-corrected chi connectivity index (χ4v) is 1.90. The molecule has 0 atom stereocenters. The summed E-state index contributed by atoms with van der Waals surface area (Å²) in [5, 5.41) is 0.0106. The van der Waals surface area contributed by atoms with Gasteiger partial charge >= 0.3 is 12.3 Å². The van der Waals surface area contributed by atoms with E-state index in [0.29, 0.717) is 9.86 Å². The molecule has 0 aliphatic rings. The Labute approximate surface area is 112 Å². The number of rotatable bonds is 2. The predicted molar refractivity (Wildman–Crippen MR) is 62.1 cm³/mol. The van der Waals surface area contributed by atoms with Gasteiger partial charge < -0.3 is 0 Å². The van der Waals surface area contributed by atoms with Crippen molar-refractivity contribution in [1.29, 1.82) is 0 Å². The van der Waals surface area contributed by atoms with Crippen molar-refractivity contribution in [2.45, 2.75) is 12.3 Å². The van der Waals surface area contributed by atoms with Gasteiger partial charge in [0.25, 0.3) is 0 Å². The van der Waals surface area contributed by atoms with Crippen LogP contribution in [0.1, 0.15) is 5.82 Å². The molecule has 0 unspecified atom stereocenters. The van der Waals surface area contributed by atoms with Crippen molar-refractivity contribution in [1.82, 2.24) is 9.97 Å². The lowest BCUT2D eigenvalue weighted by Gasteiger charge is -2.14. The lowest BCUT2D eigenvalue weighted by atomic mass is 10.2. The molecule has 0 saturated heterocycles. The van der Waals surface area contributed by atoms with Crippen molar-refractivity contribution in [3.63, 3.8) is 0 Å². The van der Waals surface area contributed by atoms with Crippen LogP contribution in [0.4, 0.5) is 17.6 Å². The maximum absolute atomic E-state index is 13.1. The highest BCUT2D eigenvalue weighted by atomic mass is 79.9. The van der Waals surface area contributed by atoms with Crippen LogP contribution in [0, 0.1) is 0 Å². The Morgan fingerprint density at radius 3 is 2.50 bits per heavy atom. The largest absolute Gasteiger partial charge is 0.365 e. The maximum Gasteiger partial charge on any atom is 0.365 e. The summed E-state index contributed by atoms with van der Waals surface area (Å²) < 4.78 is 51.3. The van der Waals surface area contributed by atoms with Gasteiger partial charge in [0.2, 0.25) is 5.82 Å². The molecule has 2 aromatic rings. The number of halogens is 6. The van der Waals surface area contributed by atoms with Crippen LogP contribution in [0.25, 0.3) is 10.9 Å². The first kappa shape index (κ1) is 13.5. The average Bonchev–Trinajstić information content (AvgIpc) is 2.29. The zero-order valence-electron chi connectivity index (χ0n) is 8.47. The van der Waals surface area contributed by atoms with Gasteiger partial charge in [-0.2, -0.15) is 8.78 Å². The van der Waals surface area contributed by atoms with Gasteiger partial charge in [-0.1, -0.05) is 27.5 Å². The summed E-state index contributed by atoms with van der Waals surface area (Å²) in [7, 11) is 0. The molecular weight excluding hydrogens is 339 g/mol. The van der Waals surface area contributed by atoms with Gasteiger partial charge in [0.1, 0.15) is 5.15 Å². The van der Waals surface area contributed by atoms with Crippen molar-refractivity contribution in [2.75, 3.05) is 0 Å². The van der Waals surface area contributed by atoms with Gasteiger partial charge in [-0.3, -0.25) is 0 Å².